The molecule has 172 valence electrons. The molecule has 1 aliphatic carbocycles. The molecule has 4 nitrogen and oxygen atoms in total. The number of halogens is 3. The van der Waals surface area contributed by atoms with E-state index >= 15 is 4.39 Å². The van der Waals surface area contributed by atoms with Gasteiger partial charge in [-0.15, -0.1) is 0 Å². The van der Waals surface area contributed by atoms with Crippen LogP contribution in [0.1, 0.15) is 31.2 Å². The van der Waals surface area contributed by atoms with Gasteiger partial charge in [-0.3, -0.25) is 9.18 Å². The van der Waals surface area contributed by atoms with E-state index in [0.29, 0.717) is 37.1 Å². The second-order valence-corrected chi connectivity index (χ2v) is 9.48. The third kappa shape index (κ3) is 3.61. The van der Waals surface area contributed by atoms with Crippen LogP contribution in [0.4, 0.5) is 13.2 Å². The van der Waals surface area contributed by atoms with Gasteiger partial charge in [-0.2, -0.15) is 5.26 Å². The van der Waals surface area contributed by atoms with Crippen molar-refractivity contribution < 1.29 is 22.7 Å². The van der Waals surface area contributed by atoms with Gasteiger partial charge >= 0.3 is 0 Å². The lowest BCUT2D eigenvalue weighted by atomic mass is 9.82. The van der Waals surface area contributed by atoms with Crippen LogP contribution in [0.5, 0.6) is 0 Å². The molecule has 3 fully saturated rings. The fraction of sp³-hybridized carbons (Fsp3) is 0.462. The van der Waals surface area contributed by atoms with Gasteiger partial charge in [-0.25, -0.2) is 8.78 Å². The van der Waals surface area contributed by atoms with Crippen LogP contribution < -0.4 is 0 Å². The van der Waals surface area contributed by atoms with E-state index in [1.807, 2.05) is 6.07 Å². The summed E-state index contributed by atoms with van der Waals surface area (Å²) in [5.74, 6) is -1.43. The number of ether oxygens (including phenoxy) is 1. The lowest BCUT2D eigenvalue weighted by molar-refractivity contribution is -0.172. The predicted molar refractivity (Wildman–Crippen MR) is 116 cm³/mol. The van der Waals surface area contributed by atoms with E-state index in [0.717, 1.165) is 12.8 Å². The molecule has 5 rings (SSSR count). The van der Waals surface area contributed by atoms with Crippen molar-refractivity contribution in [1.82, 2.24) is 4.90 Å². The largest absolute Gasteiger partial charge is 0.352 e. The number of benzene rings is 2. The van der Waals surface area contributed by atoms with Crippen LogP contribution in [0.3, 0.4) is 0 Å². The summed E-state index contributed by atoms with van der Waals surface area (Å²) in [6.45, 7) is 0.275. The van der Waals surface area contributed by atoms with Gasteiger partial charge in [-0.1, -0.05) is 30.3 Å². The molecule has 1 amide bonds. The SMILES string of the molecule is N#C[C@]1(C(=O)N2CC3(CC3)[C@H](CCF)[C@@H]2Cc2cccc(-c3cccc(F)c3)c2F)CCO1. The molecule has 3 atom stereocenters. The van der Waals surface area contributed by atoms with E-state index in [2.05, 4.69) is 0 Å². The van der Waals surface area contributed by atoms with E-state index < -0.39 is 35.9 Å². The normalized spacial score (nSPS) is 27.3. The molecule has 2 saturated heterocycles. The van der Waals surface area contributed by atoms with Crippen LogP contribution >= 0.6 is 0 Å². The van der Waals surface area contributed by atoms with Gasteiger partial charge in [-0.05, 0) is 60.3 Å². The summed E-state index contributed by atoms with van der Waals surface area (Å²) in [7, 11) is 0. The summed E-state index contributed by atoms with van der Waals surface area (Å²) in [6.07, 6.45) is 2.61. The van der Waals surface area contributed by atoms with Crippen molar-refractivity contribution in [2.24, 2.45) is 11.3 Å². The molecule has 2 aliphatic heterocycles. The van der Waals surface area contributed by atoms with Crippen molar-refractivity contribution in [3.8, 4) is 17.2 Å². The van der Waals surface area contributed by atoms with E-state index in [1.165, 1.54) is 18.2 Å². The minimum absolute atomic E-state index is 0.112. The fourth-order valence-electron chi connectivity index (χ4n) is 5.66. The summed E-state index contributed by atoms with van der Waals surface area (Å²) >= 11 is 0. The number of amides is 1. The Balaban J connectivity index is 1.50. The summed E-state index contributed by atoms with van der Waals surface area (Å²) in [5, 5.41) is 9.61. The number of likely N-dealkylation sites (tertiary alicyclic amines) is 1. The highest BCUT2D eigenvalue weighted by atomic mass is 19.1. The lowest BCUT2D eigenvalue weighted by Gasteiger charge is -2.39. The zero-order valence-electron chi connectivity index (χ0n) is 18.2. The zero-order chi connectivity index (χ0) is 23.2. The summed E-state index contributed by atoms with van der Waals surface area (Å²) in [4.78, 5) is 15.1. The van der Waals surface area contributed by atoms with Gasteiger partial charge < -0.3 is 9.64 Å². The maximum absolute atomic E-state index is 15.6. The highest BCUT2D eigenvalue weighted by molar-refractivity contribution is 5.90. The Morgan fingerprint density at radius 2 is 1.94 bits per heavy atom. The van der Waals surface area contributed by atoms with Crippen LogP contribution in [0.2, 0.25) is 0 Å². The minimum Gasteiger partial charge on any atom is -0.352 e. The highest BCUT2D eigenvalue weighted by Gasteiger charge is 2.62. The molecule has 0 bridgehead atoms. The molecule has 0 unspecified atom stereocenters. The molecule has 2 heterocycles. The van der Waals surface area contributed by atoms with Crippen molar-refractivity contribution in [3.05, 3.63) is 59.7 Å². The Labute approximate surface area is 191 Å². The van der Waals surface area contributed by atoms with Crippen molar-refractivity contribution >= 4 is 5.91 Å². The number of carbonyl (C=O) groups excluding carboxylic acids is 1. The first-order valence-electron chi connectivity index (χ1n) is 11.4. The van der Waals surface area contributed by atoms with Crippen molar-refractivity contribution in [1.29, 1.82) is 5.26 Å². The minimum atomic E-state index is -1.49. The third-order valence-electron chi connectivity index (χ3n) is 7.68. The van der Waals surface area contributed by atoms with Crippen LogP contribution in [-0.4, -0.2) is 42.3 Å². The second-order valence-electron chi connectivity index (χ2n) is 9.48. The summed E-state index contributed by atoms with van der Waals surface area (Å²) < 4.78 is 48.3. The third-order valence-corrected chi connectivity index (χ3v) is 7.68. The van der Waals surface area contributed by atoms with Crippen molar-refractivity contribution in [2.75, 3.05) is 19.8 Å². The van der Waals surface area contributed by atoms with Gasteiger partial charge in [0.05, 0.1) is 13.3 Å². The maximum atomic E-state index is 15.6. The van der Waals surface area contributed by atoms with Crippen LogP contribution in [-0.2, 0) is 16.0 Å². The number of carbonyl (C=O) groups is 1. The zero-order valence-corrected chi connectivity index (χ0v) is 18.2. The Hall–Kier alpha value is -2.85. The van der Waals surface area contributed by atoms with E-state index in [9.17, 15) is 18.8 Å². The Kier molecular flexibility index (Phi) is 5.44. The summed E-state index contributed by atoms with van der Waals surface area (Å²) in [5.41, 5.74) is -0.549. The monoisotopic (exact) mass is 454 g/mol. The Morgan fingerprint density at radius 1 is 1.18 bits per heavy atom. The molecule has 7 heteroatoms. The molecular weight excluding hydrogens is 429 g/mol. The average molecular weight is 454 g/mol. The smallest absolute Gasteiger partial charge is 0.270 e. The highest BCUT2D eigenvalue weighted by Crippen LogP contribution is 2.60. The fourth-order valence-corrected chi connectivity index (χ4v) is 5.66. The quantitative estimate of drug-likeness (QED) is 0.629. The molecule has 0 aromatic heterocycles. The number of hydrogen-bond acceptors (Lipinski definition) is 3. The molecule has 0 N–H and O–H groups in total. The molecular formula is C26H25F3N2O2. The first kappa shape index (κ1) is 22.0. The molecule has 2 aromatic carbocycles. The summed E-state index contributed by atoms with van der Waals surface area (Å²) in [6, 6.07) is 12.3. The van der Waals surface area contributed by atoms with E-state index in [1.54, 1.807) is 29.2 Å². The van der Waals surface area contributed by atoms with Gasteiger partial charge in [0.1, 0.15) is 17.7 Å². The number of rotatable bonds is 6. The molecule has 33 heavy (non-hydrogen) atoms. The maximum Gasteiger partial charge on any atom is 0.270 e. The van der Waals surface area contributed by atoms with Gasteiger partial charge in [0, 0.05) is 24.6 Å². The van der Waals surface area contributed by atoms with E-state index in [4.69, 9.17) is 4.74 Å². The van der Waals surface area contributed by atoms with Crippen LogP contribution in [0.15, 0.2) is 42.5 Å². The van der Waals surface area contributed by atoms with Crippen molar-refractivity contribution in [2.45, 2.75) is 43.7 Å². The van der Waals surface area contributed by atoms with Crippen LogP contribution in [0, 0.1) is 34.3 Å². The molecule has 0 radical (unpaired) electrons. The number of nitrogens with zero attached hydrogens (tertiary/aromatic N) is 2. The molecule has 2 aromatic rings. The molecule has 1 saturated carbocycles. The van der Waals surface area contributed by atoms with Gasteiger partial charge in [0.15, 0.2) is 0 Å². The van der Waals surface area contributed by atoms with E-state index in [-0.39, 0.29) is 23.3 Å². The lowest BCUT2D eigenvalue weighted by Crippen LogP contribution is -2.58. The van der Waals surface area contributed by atoms with Crippen LogP contribution in [0.25, 0.3) is 11.1 Å². The predicted octanol–water partition coefficient (Wildman–Crippen LogP) is 4.82. The standard InChI is InChI=1S/C26H25F3N2O2/c27-11-7-21-22(31(16-25(21)8-9-25)24(32)26(15-30)10-12-33-26)14-18-4-2-6-20(23(18)29)17-3-1-5-19(28)13-17/h1-6,13,21-22H,7-12,14,16H2/t21-,22+,26+/m1/s1. The average Bonchev–Trinajstić information content (AvgIpc) is 3.49. The van der Waals surface area contributed by atoms with Gasteiger partial charge in [0.2, 0.25) is 5.60 Å². The molecule has 3 aliphatic rings. The first-order chi connectivity index (χ1) is 15.9. The molecule has 1 spiro atoms. The second kappa shape index (κ2) is 8.18. The van der Waals surface area contributed by atoms with Gasteiger partial charge in [0.25, 0.3) is 5.91 Å². The first-order valence-corrected chi connectivity index (χ1v) is 11.4. The Bertz CT molecular complexity index is 1120. The van der Waals surface area contributed by atoms with Crippen molar-refractivity contribution in [3.63, 3.8) is 0 Å². The number of hydrogen-bond donors (Lipinski definition) is 0. The topological polar surface area (TPSA) is 53.3 Å². The number of nitriles is 1. The number of alkyl halides is 1. The Morgan fingerprint density at radius 3 is 2.55 bits per heavy atom.